The zero-order valence-corrected chi connectivity index (χ0v) is 15.9. The third-order valence-corrected chi connectivity index (χ3v) is 5.64. The summed E-state index contributed by atoms with van der Waals surface area (Å²) in [6, 6.07) is 18.6. The zero-order valence-electron chi connectivity index (χ0n) is 15.9. The molecular weight excluding hydrogens is 380 g/mol. The Hall–Kier alpha value is -4.06. The zero-order chi connectivity index (χ0) is 20.0. The van der Waals surface area contributed by atoms with Crippen molar-refractivity contribution in [1.29, 1.82) is 0 Å². The molecule has 0 radical (unpaired) electrons. The van der Waals surface area contributed by atoms with Crippen LogP contribution in [0, 0.1) is 0 Å². The van der Waals surface area contributed by atoms with E-state index in [0.29, 0.717) is 17.9 Å². The summed E-state index contributed by atoms with van der Waals surface area (Å²) in [7, 11) is 0. The van der Waals surface area contributed by atoms with Gasteiger partial charge in [-0.2, -0.15) is 0 Å². The third-order valence-electron chi connectivity index (χ3n) is 5.64. The lowest BCUT2D eigenvalue weighted by atomic mass is 9.89. The smallest absolute Gasteiger partial charge is 0.172 e. The predicted octanol–water partition coefficient (Wildman–Crippen LogP) is 5.32. The Morgan fingerprint density at radius 1 is 0.800 bits per heavy atom. The summed E-state index contributed by atoms with van der Waals surface area (Å²) >= 11 is 0. The molecular formula is C24H18N2O4. The molecule has 0 fully saturated rings. The van der Waals surface area contributed by atoms with E-state index in [1.165, 1.54) is 25.0 Å². The fourth-order valence-electron chi connectivity index (χ4n) is 4.38. The minimum absolute atomic E-state index is 0.602. The average Bonchev–Trinajstić information content (AvgIpc) is 3.39. The molecule has 3 aliphatic rings. The molecule has 1 aromatic heterocycles. The van der Waals surface area contributed by atoms with Gasteiger partial charge in [-0.1, -0.05) is 36.4 Å². The topological polar surface area (TPSA) is 56.0 Å². The number of benzene rings is 2. The Morgan fingerprint density at radius 3 is 2.20 bits per heavy atom. The molecule has 0 saturated carbocycles. The Balaban J connectivity index is 1.62. The van der Waals surface area contributed by atoms with Gasteiger partial charge in [0.1, 0.15) is 43.4 Å². The molecule has 148 valence electrons. The number of fused-ring (bicyclic) bond motifs is 2. The monoisotopic (exact) mass is 398 g/mol. The number of aromatic amines is 1. The van der Waals surface area contributed by atoms with Crippen molar-refractivity contribution in [1.82, 2.24) is 4.98 Å². The average molecular weight is 398 g/mol. The fraction of sp³-hybridized carbons (Fsp3) is 0.0833. The van der Waals surface area contributed by atoms with Crippen molar-refractivity contribution in [3.8, 4) is 0 Å². The van der Waals surface area contributed by atoms with E-state index in [1.54, 1.807) is 12.5 Å². The van der Waals surface area contributed by atoms with Crippen molar-refractivity contribution >= 4 is 22.4 Å². The van der Waals surface area contributed by atoms with E-state index in [0.717, 1.165) is 28.0 Å². The van der Waals surface area contributed by atoms with Crippen molar-refractivity contribution < 1.29 is 18.9 Å². The molecule has 0 bridgehead atoms. The summed E-state index contributed by atoms with van der Waals surface area (Å²) in [6.07, 6.45) is 9.91. The van der Waals surface area contributed by atoms with Crippen LogP contribution < -0.4 is 4.90 Å². The SMILES string of the molecule is C1=COC(C2(C3=COC=CO3)Cc3ccccc3N2c2cc3ccccc3[nH]2)=CO1. The summed E-state index contributed by atoms with van der Waals surface area (Å²) in [6.45, 7) is 0. The Morgan fingerprint density at radius 2 is 1.50 bits per heavy atom. The molecule has 3 aromatic rings. The number of hydrogen-bond acceptors (Lipinski definition) is 5. The van der Waals surface area contributed by atoms with Gasteiger partial charge < -0.3 is 28.8 Å². The van der Waals surface area contributed by atoms with Gasteiger partial charge in [0.15, 0.2) is 17.1 Å². The van der Waals surface area contributed by atoms with Gasteiger partial charge >= 0.3 is 0 Å². The van der Waals surface area contributed by atoms with E-state index in [4.69, 9.17) is 18.9 Å². The largest absolute Gasteiger partial charge is 0.466 e. The molecule has 6 nitrogen and oxygen atoms in total. The maximum Gasteiger partial charge on any atom is 0.172 e. The van der Waals surface area contributed by atoms with Crippen LogP contribution in [0.5, 0.6) is 0 Å². The molecule has 1 N–H and O–H groups in total. The maximum atomic E-state index is 5.98. The highest BCUT2D eigenvalue weighted by Crippen LogP contribution is 2.52. The highest BCUT2D eigenvalue weighted by atomic mass is 16.6. The molecule has 4 heterocycles. The molecule has 0 spiro atoms. The first-order chi connectivity index (χ1) is 14.9. The minimum atomic E-state index is -0.833. The van der Waals surface area contributed by atoms with Gasteiger partial charge in [-0.3, -0.25) is 0 Å². The number of rotatable bonds is 3. The van der Waals surface area contributed by atoms with Gasteiger partial charge in [0.2, 0.25) is 0 Å². The Bertz CT molecular complexity index is 1190. The first-order valence-corrected chi connectivity index (χ1v) is 9.68. The van der Waals surface area contributed by atoms with E-state index in [1.807, 2.05) is 24.3 Å². The first kappa shape index (κ1) is 16.9. The van der Waals surface area contributed by atoms with E-state index >= 15 is 0 Å². The summed E-state index contributed by atoms with van der Waals surface area (Å²) in [5.74, 6) is 2.12. The van der Waals surface area contributed by atoms with Crippen LogP contribution in [0.1, 0.15) is 5.56 Å². The van der Waals surface area contributed by atoms with Crippen molar-refractivity contribution in [2.75, 3.05) is 4.90 Å². The molecule has 6 heteroatoms. The van der Waals surface area contributed by atoms with Crippen LogP contribution in [0.25, 0.3) is 10.9 Å². The minimum Gasteiger partial charge on any atom is -0.466 e. The second kappa shape index (κ2) is 6.49. The van der Waals surface area contributed by atoms with Crippen molar-refractivity contribution in [2.45, 2.75) is 12.0 Å². The van der Waals surface area contributed by atoms with Crippen LogP contribution in [-0.2, 0) is 25.4 Å². The molecule has 0 atom stereocenters. The van der Waals surface area contributed by atoms with Crippen molar-refractivity contribution in [3.63, 3.8) is 0 Å². The van der Waals surface area contributed by atoms with Crippen molar-refractivity contribution in [2.24, 2.45) is 0 Å². The van der Waals surface area contributed by atoms with Gasteiger partial charge in [0, 0.05) is 23.0 Å². The van der Waals surface area contributed by atoms with E-state index in [-0.39, 0.29) is 0 Å². The first-order valence-electron chi connectivity index (χ1n) is 9.68. The summed E-state index contributed by atoms with van der Waals surface area (Å²) in [4.78, 5) is 5.75. The fourth-order valence-corrected chi connectivity index (χ4v) is 4.38. The molecule has 6 rings (SSSR count). The van der Waals surface area contributed by atoms with E-state index < -0.39 is 5.54 Å². The third kappa shape index (κ3) is 2.37. The maximum absolute atomic E-state index is 5.98. The van der Waals surface area contributed by atoms with Crippen LogP contribution in [-0.4, -0.2) is 10.5 Å². The van der Waals surface area contributed by atoms with E-state index in [9.17, 15) is 0 Å². The number of H-pyrrole nitrogens is 1. The molecule has 0 unspecified atom stereocenters. The lowest BCUT2D eigenvalue weighted by molar-refractivity contribution is 0.162. The van der Waals surface area contributed by atoms with Gasteiger partial charge in [-0.25, -0.2) is 0 Å². The summed E-state index contributed by atoms with van der Waals surface area (Å²) in [5.41, 5.74) is 2.44. The molecule has 3 aliphatic heterocycles. The van der Waals surface area contributed by atoms with E-state index in [2.05, 4.69) is 40.2 Å². The molecule has 0 aliphatic carbocycles. The normalized spacial score (nSPS) is 18.6. The number of nitrogens with one attached hydrogen (secondary N) is 1. The van der Waals surface area contributed by atoms with Gasteiger partial charge in [0.25, 0.3) is 0 Å². The standard InChI is InChI=1S/C24H18N2O4/c1-3-7-19-17(5-1)13-23(25-19)26-20-8-4-2-6-18(20)14-24(26,21-15-27-9-11-29-21)22-16-28-10-12-30-22/h1-13,15-16,25H,14H2. The highest BCUT2D eigenvalue weighted by Gasteiger charge is 2.55. The summed E-state index contributed by atoms with van der Waals surface area (Å²) < 4.78 is 23.0. The Labute approximate surface area is 172 Å². The van der Waals surface area contributed by atoms with Crippen LogP contribution >= 0.6 is 0 Å². The predicted molar refractivity (Wildman–Crippen MR) is 112 cm³/mol. The van der Waals surface area contributed by atoms with Crippen LogP contribution in [0.4, 0.5) is 11.5 Å². The highest BCUT2D eigenvalue weighted by molar-refractivity contribution is 5.87. The molecule has 0 amide bonds. The number of nitrogens with zero attached hydrogens (tertiary/aromatic N) is 1. The van der Waals surface area contributed by atoms with Crippen LogP contribution in [0.3, 0.4) is 0 Å². The number of hydrogen-bond donors (Lipinski definition) is 1. The number of anilines is 2. The number of aromatic nitrogens is 1. The van der Waals surface area contributed by atoms with Gasteiger partial charge in [0.05, 0.1) is 0 Å². The van der Waals surface area contributed by atoms with Crippen LogP contribution in [0.15, 0.2) is 104 Å². The summed E-state index contributed by atoms with van der Waals surface area (Å²) in [5, 5.41) is 1.12. The quantitative estimate of drug-likeness (QED) is 0.647. The lowest BCUT2D eigenvalue weighted by Crippen LogP contribution is -2.49. The molecule has 0 saturated heterocycles. The lowest BCUT2D eigenvalue weighted by Gasteiger charge is -2.40. The number of para-hydroxylation sites is 2. The van der Waals surface area contributed by atoms with Crippen molar-refractivity contribution in [3.05, 3.63) is 109 Å². The van der Waals surface area contributed by atoms with Crippen LogP contribution in [0.2, 0.25) is 0 Å². The number of ether oxygens (including phenoxy) is 4. The molecule has 30 heavy (non-hydrogen) atoms. The Kier molecular flexibility index (Phi) is 3.64. The second-order valence-corrected chi connectivity index (χ2v) is 7.26. The molecule has 2 aromatic carbocycles. The van der Waals surface area contributed by atoms with Gasteiger partial charge in [-0.05, 0) is 23.8 Å². The van der Waals surface area contributed by atoms with Gasteiger partial charge in [-0.15, -0.1) is 0 Å². The second-order valence-electron chi connectivity index (χ2n) is 7.26.